The van der Waals surface area contributed by atoms with E-state index in [9.17, 15) is 20.1 Å². The van der Waals surface area contributed by atoms with Gasteiger partial charge in [-0.15, -0.1) is 0 Å². The summed E-state index contributed by atoms with van der Waals surface area (Å²) in [5, 5.41) is 29.5. The van der Waals surface area contributed by atoms with Gasteiger partial charge in [-0.2, -0.15) is 0 Å². The first-order valence-corrected chi connectivity index (χ1v) is 10.1. The van der Waals surface area contributed by atoms with Crippen molar-refractivity contribution in [1.82, 2.24) is 0 Å². The van der Waals surface area contributed by atoms with Gasteiger partial charge in [-0.25, -0.2) is 0 Å². The zero-order chi connectivity index (χ0) is 19.5. The number of carboxylic acids is 1. The zero-order valence-corrected chi connectivity index (χ0v) is 19.3. The van der Waals surface area contributed by atoms with E-state index in [0.717, 1.165) is 44.9 Å². The number of carbonyl (C=O) groups excluding carboxylic acids is 1. The number of aliphatic hydroxyl groups excluding tert-OH is 2. The molecule has 27 heavy (non-hydrogen) atoms. The summed E-state index contributed by atoms with van der Waals surface area (Å²) >= 11 is 0. The average molecular weight is 389 g/mol. The molecule has 2 N–H and O–H groups in total. The summed E-state index contributed by atoms with van der Waals surface area (Å²) in [7, 11) is 0. The summed E-state index contributed by atoms with van der Waals surface area (Å²) in [5.74, 6) is -1.28. The van der Waals surface area contributed by atoms with Crippen molar-refractivity contribution in [3.63, 3.8) is 0 Å². The number of hydrogen-bond donors (Lipinski definition) is 2. The number of rotatable bonds is 17. The third-order valence-corrected chi connectivity index (χ3v) is 4.13. The third-order valence-electron chi connectivity index (χ3n) is 4.13. The van der Waals surface area contributed by atoms with Crippen LogP contribution in [0.5, 0.6) is 0 Å². The number of allylic oxidation sites excluding steroid dienone is 6. The Morgan fingerprint density at radius 3 is 2.04 bits per heavy atom. The van der Waals surface area contributed by atoms with Gasteiger partial charge in [0.25, 0.3) is 0 Å². The predicted octanol–water partition coefficient (Wildman–Crippen LogP) is 0.832. The van der Waals surface area contributed by atoms with Crippen LogP contribution in [0, 0.1) is 0 Å². The normalized spacial score (nSPS) is 14.0. The van der Waals surface area contributed by atoms with Crippen molar-refractivity contribution in [3.05, 3.63) is 36.5 Å². The minimum atomic E-state index is -1.28. The molecule has 0 heterocycles. The molecule has 0 rings (SSSR count). The van der Waals surface area contributed by atoms with Crippen molar-refractivity contribution in [1.29, 1.82) is 0 Å². The molecule has 0 aliphatic heterocycles. The van der Waals surface area contributed by atoms with E-state index in [1.54, 1.807) is 0 Å². The molecule has 0 aliphatic rings. The molecule has 0 spiro atoms. The number of aliphatic hydroxyl groups is 2. The quantitative estimate of drug-likeness (QED) is 0.220. The molecule has 0 amide bonds. The van der Waals surface area contributed by atoms with E-state index < -0.39 is 24.6 Å². The van der Waals surface area contributed by atoms with Gasteiger partial charge in [-0.1, -0.05) is 69.1 Å². The zero-order valence-electron chi connectivity index (χ0n) is 17.3. The second kappa shape index (κ2) is 21.9. The van der Waals surface area contributed by atoms with Gasteiger partial charge < -0.3 is 20.1 Å². The molecule has 0 saturated carbocycles. The molecule has 150 valence electrons. The molecule has 0 fully saturated rings. The molecular weight excluding hydrogens is 351 g/mol. The third kappa shape index (κ3) is 23.6. The van der Waals surface area contributed by atoms with Crippen LogP contribution in [0.4, 0.5) is 0 Å². The second-order valence-electron chi connectivity index (χ2n) is 6.76. The fraction of sp³-hybridized carbons (Fsp3) is 0.682. The fourth-order valence-electron chi connectivity index (χ4n) is 2.71. The van der Waals surface area contributed by atoms with E-state index in [4.69, 9.17) is 0 Å². The number of carbonyl (C=O) groups is 1. The summed E-state index contributed by atoms with van der Waals surface area (Å²) in [6, 6.07) is 0. The Bertz CT molecular complexity index is 419. The standard InChI is InChI=1S/C22H38O4.Na/c1-2-3-4-5-6-7-8-9-10-11-12-13-14-15-16-17-20(23)18-21(24)19-22(25)26;/h3-4,6-7,9-10,20-21,23-24H,2,5,8,11-19H2,1H3,(H,25,26);/q;+1/p-1/b4-3-,7-6-,10-9-;/t20-,21-;/m1./s1. The minimum absolute atomic E-state index is 0. The minimum Gasteiger partial charge on any atom is -0.550 e. The van der Waals surface area contributed by atoms with Gasteiger partial charge in [-0.3, -0.25) is 0 Å². The molecule has 0 saturated heterocycles. The van der Waals surface area contributed by atoms with Crippen LogP contribution < -0.4 is 34.7 Å². The van der Waals surface area contributed by atoms with Crippen LogP contribution in [0.15, 0.2) is 36.5 Å². The monoisotopic (exact) mass is 388 g/mol. The van der Waals surface area contributed by atoms with Crippen LogP contribution in [0.1, 0.15) is 84.0 Å². The maximum atomic E-state index is 10.3. The number of unbranched alkanes of at least 4 members (excludes halogenated alkanes) is 5. The van der Waals surface area contributed by atoms with Gasteiger partial charge in [0.15, 0.2) is 0 Å². The van der Waals surface area contributed by atoms with Crippen LogP contribution >= 0.6 is 0 Å². The number of carboxylic acid groups (broad SMARTS) is 1. The summed E-state index contributed by atoms with van der Waals surface area (Å²) < 4.78 is 0. The Labute approximate surface area is 187 Å². The fourth-order valence-corrected chi connectivity index (χ4v) is 2.71. The molecule has 0 aromatic carbocycles. The van der Waals surface area contributed by atoms with Crippen molar-refractivity contribution in [2.24, 2.45) is 0 Å². The molecule has 4 nitrogen and oxygen atoms in total. The van der Waals surface area contributed by atoms with E-state index in [1.807, 2.05) is 0 Å². The Balaban J connectivity index is 0. The van der Waals surface area contributed by atoms with E-state index in [2.05, 4.69) is 43.4 Å². The van der Waals surface area contributed by atoms with Gasteiger partial charge in [-0.05, 0) is 44.9 Å². The van der Waals surface area contributed by atoms with E-state index in [0.29, 0.717) is 6.42 Å². The average Bonchev–Trinajstić information content (AvgIpc) is 2.57. The summed E-state index contributed by atoms with van der Waals surface area (Å²) in [6.07, 6.45) is 21.6. The maximum Gasteiger partial charge on any atom is 1.00 e. The number of aliphatic carboxylic acids is 1. The van der Waals surface area contributed by atoms with Crippen molar-refractivity contribution >= 4 is 5.97 Å². The largest absolute Gasteiger partial charge is 1.00 e. The van der Waals surface area contributed by atoms with Gasteiger partial charge in [0.1, 0.15) is 0 Å². The summed E-state index contributed by atoms with van der Waals surface area (Å²) in [6.45, 7) is 2.14. The van der Waals surface area contributed by atoms with Gasteiger partial charge in [0, 0.05) is 12.4 Å². The van der Waals surface area contributed by atoms with Crippen molar-refractivity contribution in [2.45, 2.75) is 96.2 Å². The van der Waals surface area contributed by atoms with Gasteiger partial charge in [0.05, 0.1) is 12.2 Å². The van der Waals surface area contributed by atoms with Crippen LogP contribution in [0.3, 0.4) is 0 Å². The summed E-state index contributed by atoms with van der Waals surface area (Å²) in [4.78, 5) is 10.3. The first kappa shape index (κ1) is 28.8. The van der Waals surface area contributed by atoms with Crippen LogP contribution in [-0.2, 0) is 4.79 Å². The van der Waals surface area contributed by atoms with Crippen LogP contribution in [-0.4, -0.2) is 28.4 Å². The van der Waals surface area contributed by atoms with Crippen LogP contribution in [0.25, 0.3) is 0 Å². The van der Waals surface area contributed by atoms with E-state index >= 15 is 0 Å². The molecule has 0 unspecified atom stereocenters. The van der Waals surface area contributed by atoms with E-state index in [1.165, 1.54) is 12.8 Å². The molecule has 0 radical (unpaired) electrons. The first-order chi connectivity index (χ1) is 12.6. The van der Waals surface area contributed by atoms with Crippen molar-refractivity contribution < 1.29 is 49.7 Å². The second-order valence-corrected chi connectivity index (χ2v) is 6.76. The Morgan fingerprint density at radius 2 is 1.41 bits per heavy atom. The maximum absolute atomic E-state index is 10.3. The summed E-state index contributed by atoms with van der Waals surface area (Å²) in [5.41, 5.74) is 0. The van der Waals surface area contributed by atoms with Gasteiger partial charge in [0.2, 0.25) is 0 Å². The predicted molar refractivity (Wildman–Crippen MR) is 106 cm³/mol. The SMILES string of the molecule is CC/C=C\C/C=C\C/C=C\CCCCCCC[C@@H](O)C[C@@H](O)CC(=O)[O-].[Na+]. The molecule has 0 aliphatic carbocycles. The Morgan fingerprint density at radius 1 is 0.852 bits per heavy atom. The Hall–Kier alpha value is -0.390. The molecule has 0 bridgehead atoms. The molecule has 2 atom stereocenters. The van der Waals surface area contributed by atoms with Gasteiger partial charge >= 0.3 is 29.6 Å². The topological polar surface area (TPSA) is 80.6 Å². The van der Waals surface area contributed by atoms with Crippen LogP contribution in [0.2, 0.25) is 0 Å². The van der Waals surface area contributed by atoms with E-state index in [-0.39, 0.29) is 36.0 Å². The molecular formula is C22H37NaO4. The van der Waals surface area contributed by atoms with Crippen molar-refractivity contribution in [2.75, 3.05) is 0 Å². The number of hydrogen-bond acceptors (Lipinski definition) is 4. The Kier molecular flexibility index (Phi) is 23.4. The molecule has 0 aromatic rings. The molecule has 5 heteroatoms. The smallest absolute Gasteiger partial charge is 0.550 e. The van der Waals surface area contributed by atoms with Crippen molar-refractivity contribution in [3.8, 4) is 0 Å². The first-order valence-electron chi connectivity index (χ1n) is 10.1. The molecule has 0 aromatic heterocycles.